The van der Waals surface area contributed by atoms with Crippen molar-refractivity contribution in [1.29, 1.82) is 0 Å². The summed E-state index contributed by atoms with van der Waals surface area (Å²) in [6, 6.07) is 0. The molecule has 0 bridgehead atoms. The molecular formula is C10H22O3. The summed E-state index contributed by atoms with van der Waals surface area (Å²) < 4.78 is 10.2. The zero-order valence-electron chi connectivity index (χ0n) is 8.79. The zero-order valence-corrected chi connectivity index (χ0v) is 8.79. The first kappa shape index (κ1) is 12.9. The molecule has 0 radical (unpaired) electrons. The van der Waals surface area contributed by atoms with Gasteiger partial charge >= 0.3 is 0 Å². The summed E-state index contributed by atoms with van der Waals surface area (Å²) >= 11 is 0. The lowest BCUT2D eigenvalue weighted by molar-refractivity contribution is -0.0994. The van der Waals surface area contributed by atoms with E-state index in [1.54, 1.807) is 6.92 Å². The van der Waals surface area contributed by atoms with E-state index < -0.39 is 6.29 Å². The van der Waals surface area contributed by atoms with Gasteiger partial charge in [-0.2, -0.15) is 0 Å². The summed E-state index contributed by atoms with van der Waals surface area (Å²) in [4.78, 5) is 0. The van der Waals surface area contributed by atoms with Gasteiger partial charge < -0.3 is 14.6 Å². The molecule has 1 unspecified atom stereocenters. The molecule has 80 valence electrons. The van der Waals surface area contributed by atoms with Crippen LogP contribution in [0, 0.1) is 0 Å². The average molecular weight is 190 g/mol. The average Bonchev–Trinajstić information content (AvgIpc) is 2.09. The standard InChI is InChI=1S/C10H22O3/c1-3-4-5-6-7-12-8-9-13-10(2)11/h10-11H,3-9H2,1-2H3. The highest BCUT2D eigenvalue weighted by molar-refractivity contribution is 4.39. The SMILES string of the molecule is CCCCCCOCCOC(C)O. The van der Waals surface area contributed by atoms with Crippen LogP contribution >= 0.6 is 0 Å². The summed E-state index contributed by atoms with van der Waals surface area (Å²) in [5, 5.41) is 8.75. The van der Waals surface area contributed by atoms with Gasteiger partial charge in [-0.05, 0) is 13.3 Å². The first-order valence-corrected chi connectivity index (χ1v) is 5.14. The third-order valence-corrected chi connectivity index (χ3v) is 1.73. The second kappa shape index (κ2) is 9.96. The molecule has 0 saturated carbocycles. The number of ether oxygens (including phenoxy) is 2. The Balaban J connectivity index is 2.84. The normalized spacial score (nSPS) is 13.2. The summed E-state index contributed by atoms with van der Waals surface area (Å²) in [6.45, 7) is 5.66. The maximum atomic E-state index is 8.75. The number of aliphatic hydroxyl groups excluding tert-OH is 1. The molecule has 1 N–H and O–H groups in total. The molecule has 0 aromatic carbocycles. The second-order valence-electron chi connectivity index (χ2n) is 3.14. The van der Waals surface area contributed by atoms with Gasteiger partial charge in [-0.3, -0.25) is 0 Å². The van der Waals surface area contributed by atoms with Crippen LogP contribution < -0.4 is 0 Å². The van der Waals surface area contributed by atoms with E-state index in [1.807, 2.05) is 0 Å². The Morgan fingerprint density at radius 2 is 1.85 bits per heavy atom. The molecule has 0 amide bonds. The van der Waals surface area contributed by atoms with E-state index >= 15 is 0 Å². The van der Waals surface area contributed by atoms with Crippen molar-refractivity contribution >= 4 is 0 Å². The Morgan fingerprint density at radius 1 is 1.08 bits per heavy atom. The van der Waals surface area contributed by atoms with Gasteiger partial charge in [-0.25, -0.2) is 0 Å². The first-order valence-electron chi connectivity index (χ1n) is 5.14. The fourth-order valence-corrected chi connectivity index (χ4v) is 1.01. The van der Waals surface area contributed by atoms with Crippen LogP contribution in [0.3, 0.4) is 0 Å². The molecule has 3 heteroatoms. The molecule has 0 rings (SSSR count). The molecule has 0 aliphatic rings. The van der Waals surface area contributed by atoms with Gasteiger partial charge in [0, 0.05) is 6.61 Å². The van der Waals surface area contributed by atoms with Crippen molar-refractivity contribution in [2.45, 2.75) is 45.8 Å². The third-order valence-electron chi connectivity index (χ3n) is 1.73. The number of hydrogen-bond acceptors (Lipinski definition) is 3. The highest BCUT2D eigenvalue weighted by Gasteiger charge is 1.94. The molecule has 1 atom stereocenters. The van der Waals surface area contributed by atoms with Crippen LogP contribution in [0.4, 0.5) is 0 Å². The van der Waals surface area contributed by atoms with Gasteiger partial charge in [0.15, 0.2) is 6.29 Å². The highest BCUT2D eigenvalue weighted by atomic mass is 16.6. The van der Waals surface area contributed by atoms with Crippen molar-refractivity contribution < 1.29 is 14.6 Å². The van der Waals surface area contributed by atoms with E-state index in [1.165, 1.54) is 19.3 Å². The molecule has 0 aromatic heterocycles. The van der Waals surface area contributed by atoms with Crippen LogP contribution in [0.1, 0.15) is 39.5 Å². The minimum atomic E-state index is -0.677. The lowest BCUT2D eigenvalue weighted by Gasteiger charge is -2.06. The molecule has 0 heterocycles. The van der Waals surface area contributed by atoms with E-state index in [0.717, 1.165) is 13.0 Å². The first-order chi connectivity index (χ1) is 6.27. The molecule has 0 fully saturated rings. The lowest BCUT2D eigenvalue weighted by atomic mass is 10.2. The fourth-order valence-electron chi connectivity index (χ4n) is 1.01. The molecule has 0 aliphatic carbocycles. The Kier molecular flexibility index (Phi) is 9.87. The van der Waals surface area contributed by atoms with E-state index in [2.05, 4.69) is 6.92 Å². The summed E-state index contributed by atoms with van der Waals surface area (Å²) in [5.41, 5.74) is 0. The van der Waals surface area contributed by atoms with Crippen molar-refractivity contribution in [2.75, 3.05) is 19.8 Å². The number of unbranched alkanes of at least 4 members (excludes halogenated alkanes) is 3. The van der Waals surface area contributed by atoms with Crippen molar-refractivity contribution in [3.8, 4) is 0 Å². The maximum absolute atomic E-state index is 8.75. The smallest absolute Gasteiger partial charge is 0.151 e. The Labute approximate surface area is 81.0 Å². The van der Waals surface area contributed by atoms with Gasteiger partial charge in [-0.15, -0.1) is 0 Å². The van der Waals surface area contributed by atoms with Crippen LogP contribution in [0.2, 0.25) is 0 Å². The molecule has 3 nitrogen and oxygen atoms in total. The quantitative estimate of drug-likeness (QED) is 0.446. The van der Waals surface area contributed by atoms with Gasteiger partial charge in [0.1, 0.15) is 0 Å². The Hall–Kier alpha value is -0.120. The van der Waals surface area contributed by atoms with Crippen molar-refractivity contribution in [2.24, 2.45) is 0 Å². The number of rotatable bonds is 9. The van der Waals surface area contributed by atoms with Crippen LogP contribution in [-0.2, 0) is 9.47 Å². The zero-order chi connectivity index (χ0) is 9.94. The molecule has 0 aromatic rings. The third kappa shape index (κ3) is 11.9. The molecular weight excluding hydrogens is 168 g/mol. The van der Waals surface area contributed by atoms with E-state index in [-0.39, 0.29) is 0 Å². The minimum Gasteiger partial charge on any atom is -0.379 e. The van der Waals surface area contributed by atoms with Gasteiger partial charge in [0.2, 0.25) is 0 Å². The fraction of sp³-hybridized carbons (Fsp3) is 1.00. The maximum Gasteiger partial charge on any atom is 0.151 e. The Bertz CT molecular complexity index is 94.2. The van der Waals surface area contributed by atoms with Gasteiger partial charge in [0.05, 0.1) is 13.2 Å². The largest absolute Gasteiger partial charge is 0.379 e. The van der Waals surface area contributed by atoms with E-state index in [0.29, 0.717) is 13.2 Å². The van der Waals surface area contributed by atoms with Crippen molar-refractivity contribution in [3.05, 3.63) is 0 Å². The van der Waals surface area contributed by atoms with Crippen molar-refractivity contribution in [1.82, 2.24) is 0 Å². The predicted molar refractivity (Wildman–Crippen MR) is 52.6 cm³/mol. The lowest BCUT2D eigenvalue weighted by Crippen LogP contribution is -2.12. The topological polar surface area (TPSA) is 38.7 Å². The van der Waals surface area contributed by atoms with Crippen LogP contribution in [0.5, 0.6) is 0 Å². The van der Waals surface area contributed by atoms with Crippen LogP contribution in [0.25, 0.3) is 0 Å². The number of aliphatic hydroxyl groups is 1. The minimum absolute atomic E-state index is 0.478. The molecule has 0 spiro atoms. The van der Waals surface area contributed by atoms with Crippen molar-refractivity contribution in [3.63, 3.8) is 0 Å². The van der Waals surface area contributed by atoms with E-state index in [9.17, 15) is 0 Å². The van der Waals surface area contributed by atoms with Crippen LogP contribution in [-0.4, -0.2) is 31.2 Å². The monoisotopic (exact) mass is 190 g/mol. The Morgan fingerprint density at radius 3 is 2.46 bits per heavy atom. The molecule has 0 aliphatic heterocycles. The number of hydrogen-bond donors (Lipinski definition) is 1. The van der Waals surface area contributed by atoms with Gasteiger partial charge in [0.25, 0.3) is 0 Å². The van der Waals surface area contributed by atoms with E-state index in [4.69, 9.17) is 14.6 Å². The summed E-state index contributed by atoms with van der Waals surface area (Å²) in [5.74, 6) is 0. The predicted octanol–water partition coefficient (Wildman–Crippen LogP) is 1.94. The second-order valence-corrected chi connectivity index (χ2v) is 3.14. The summed E-state index contributed by atoms with van der Waals surface area (Å²) in [6.07, 6.45) is 4.23. The summed E-state index contributed by atoms with van der Waals surface area (Å²) in [7, 11) is 0. The highest BCUT2D eigenvalue weighted by Crippen LogP contribution is 1.98. The molecule has 13 heavy (non-hydrogen) atoms. The van der Waals surface area contributed by atoms with Gasteiger partial charge in [-0.1, -0.05) is 26.2 Å². The van der Waals surface area contributed by atoms with Crippen LogP contribution in [0.15, 0.2) is 0 Å². The molecule has 0 saturated heterocycles.